The molecule has 6 heavy (non-hydrogen) atoms. The Hall–Kier alpha value is -0.330. The minimum Gasteiger partial charge on any atom is -0.305 e. The van der Waals surface area contributed by atoms with Gasteiger partial charge < -0.3 is 4.55 Å². The maximum atomic E-state index is 9.57. The van der Waals surface area contributed by atoms with Crippen LogP contribution in [0.5, 0.6) is 0 Å². The lowest BCUT2D eigenvalue weighted by molar-refractivity contribution is 0.568. The minimum atomic E-state index is -1.80. The molecule has 0 aromatic heterocycles. The molecule has 0 heterocycles. The lowest BCUT2D eigenvalue weighted by atomic mass is 10.8. The van der Waals surface area contributed by atoms with Gasteiger partial charge in [0.15, 0.2) is 11.1 Å². The molecule has 0 bridgehead atoms. The Morgan fingerprint density at radius 1 is 2.00 bits per heavy atom. The van der Waals surface area contributed by atoms with Crippen molar-refractivity contribution in [2.75, 3.05) is 5.75 Å². The Bertz CT molecular complexity index is 91.5. The Morgan fingerprint density at radius 3 is 2.50 bits per heavy atom. The van der Waals surface area contributed by atoms with Gasteiger partial charge >= 0.3 is 0 Å². The molecule has 0 saturated heterocycles. The average molecular weight is 104 g/mol. The zero-order valence-electron chi connectivity index (χ0n) is 3.05. The Labute approximate surface area is 38.8 Å². The van der Waals surface area contributed by atoms with E-state index < -0.39 is 11.1 Å². The topological polar surface area (TPSA) is 37.3 Å². The molecule has 0 rings (SSSR count). The van der Waals surface area contributed by atoms with Gasteiger partial charge in [0.2, 0.25) is 0 Å². The summed E-state index contributed by atoms with van der Waals surface area (Å²) in [4.78, 5) is 0. The van der Waals surface area contributed by atoms with Gasteiger partial charge in [0.1, 0.15) is 5.75 Å². The highest BCUT2D eigenvalue weighted by Crippen LogP contribution is 1.64. The smallest absolute Gasteiger partial charge is 0.165 e. The molecular weight excluding hydrogens is 100 g/mol. The molecule has 2 nitrogen and oxygen atoms in total. The fourth-order valence-corrected chi connectivity index (χ4v) is 0.214. The molecule has 0 aliphatic carbocycles. The molecule has 0 aromatic rings. The van der Waals surface area contributed by atoms with E-state index in [4.69, 9.17) is 4.55 Å². The van der Waals surface area contributed by atoms with Crippen LogP contribution in [-0.2, 0) is 11.1 Å². The van der Waals surface area contributed by atoms with Crippen molar-refractivity contribution in [1.82, 2.24) is 0 Å². The van der Waals surface area contributed by atoms with Gasteiger partial charge in [-0.25, -0.2) is 4.21 Å². The predicted molar refractivity (Wildman–Crippen MR) is 24.5 cm³/mol. The summed E-state index contributed by atoms with van der Waals surface area (Å²) in [6.45, 7) is 0. The largest absolute Gasteiger partial charge is 0.305 e. The highest BCUT2D eigenvalue weighted by molar-refractivity contribution is 7.79. The summed E-state index contributed by atoms with van der Waals surface area (Å²) >= 11 is -1.80. The lowest BCUT2D eigenvalue weighted by Crippen LogP contribution is -1.88. The third-order valence-corrected chi connectivity index (χ3v) is 0.620. The fraction of sp³-hybridized carbons (Fsp3) is 0.333. The average Bonchev–Trinajstić information content (AvgIpc) is 1.35. The minimum absolute atomic E-state index is 0.0694. The van der Waals surface area contributed by atoms with Gasteiger partial charge in [-0.2, -0.15) is 0 Å². The van der Waals surface area contributed by atoms with Crippen LogP contribution < -0.4 is 0 Å². The van der Waals surface area contributed by atoms with Crippen LogP contribution in [0.4, 0.5) is 0 Å². The van der Waals surface area contributed by atoms with Crippen LogP contribution in [0.25, 0.3) is 0 Å². The quantitative estimate of drug-likeness (QED) is 0.371. The zero-order chi connectivity index (χ0) is 4.99. The van der Waals surface area contributed by atoms with Crippen molar-refractivity contribution in [3.63, 3.8) is 0 Å². The second-order valence-corrected chi connectivity index (χ2v) is 1.60. The summed E-state index contributed by atoms with van der Waals surface area (Å²) in [5.74, 6) is 1.95. The van der Waals surface area contributed by atoms with E-state index in [2.05, 4.69) is 6.42 Å². The summed E-state index contributed by atoms with van der Waals surface area (Å²) in [5.41, 5.74) is 0. The summed E-state index contributed by atoms with van der Waals surface area (Å²) in [7, 11) is 0. The van der Waals surface area contributed by atoms with Gasteiger partial charge in [-0.1, -0.05) is 5.92 Å². The van der Waals surface area contributed by atoms with Gasteiger partial charge in [0.05, 0.1) is 0 Å². The molecule has 0 radical (unpaired) electrons. The van der Waals surface area contributed by atoms with Gasteiger partial charge in [0.25, 0.3) is 0 Å². The van der Waals surface area contributed by atoms with E-state index in [9.17, 15) is 4.21 Å². The molecule has 1 atom stereocenters. The number of rotatable bonds is 1. The molecule has 0 spiro atoms. The molecule has 0 aliphatic heterocycles. The molecule has 0 amide bonds. The standard InChI is InChI=1S/C3H4O2S/c1-2-3-6(4)5/h1H,3H2,(H,4,5). The van der Waals surface area contributed by atoms with Crippen LogP contribution in [0.3, 0.4) is 0 Å². The first-order valence-corrected chi connectivity index (χ1v) is 2.56. The number of terminal acetylenes is 1. The Balaban J connectivity index is 3.13. The van der Waals surface area contributed by atoms with Crippen molar-refractivity contribution in [1.29, 1.82) is 0 Å². The van der Waals surface area contributed by atoms with E-state index in [1.165, 1.54) is 0 Å². The van der Waals surface area contributed by atoms with Crippen molar-refractivity contribution < 1.29 is 8.76 Å². The van der Waals surface area contributed by atoms with Crippen molar-refractivity contribution in [3.8, 4) is 12.3 Å². The molecule has 0 aliphatic rings. The summed E-state index contributed by atoms with van der Waals surface area (Å²) in [6.07, 6.45) is 4.63. The van der Waals surface area contributed by atoms with E-state index in [1.54, 1.807) is 0 Å². The van der Waals surface area contributed by atoms with Gasteiger partial charge in [-0.05, 0) is 0 Å². The number of hydrogen-bond acceptors (Lipinski definition) is 1. The van der Waals surface area contributed by atoms with E-state index in [1.807, 2.05) is 5.92 Å². The third kappa shape index (κ3) is 3.67. The molecule has 0 aromatic carbocycles. The van der Waals surface area contributed by atoms with Crippen molar-refractivity contribution in [2.24, 2.45) is 0 Å². The first-order valence-electron chi connectivity index (χ1n) is 1.28. The monoisotopic (exact) mass is 104 g/mol. The zero-order valence-corrected chi connectivity index (χ0v) is 3.86. The van der Waals surface area contributed by atoms with Crippen LogP contribution >= 0.6 is 0 Å². The summed E-state index contributed by atoms with van der Waals surface area (Å²) in [6, 6.07) is 0. The van der Waals surface area contributed by atoms with Crippen LogP contribution in [0.2, 0.25) is 0 Å². The summed E-state index contributed by atoms with van der Waals surface area (Å²) in [5, 5.41) is 0. The molecule has 0 saturated carbocycles. The maximum Gasteiger partial charge on any atom is 0.165 e. The van der Waals surface area contributed by atoms with Crippen LogP contribution in [0, 0.1) is 12.3 Å². The van der Waals surface area contributed by atoms with Crippen molar-refractivity contribution >= 4 is 11.1 Å². The lowest BCUT2D eigenvalue weighted by Gasteiger charge is -1.73. The van der Waals surface area contributed by atoms with Gasteiger partial charge in [-0.3, -0.25) is 0 Å². The van der Waals surface area contributed by atoms with Gasteiger partial charge in [0, 0.05) is 0 Å². The van der Waals surface area contributed by atoms with E-state index in [0.29, 0.717) is 0 Å². The van der Waals surface area contributed by atoms with E-state index >= 15 is 0 Å². The van der Waals surface area contributed by atoms with Crippen LogP contribution in [0.15, 0.2) is 0 Å². The SMILES string of the molecule is C#CCS(=O)O. The number of hydrogen-bond donors (Lipinski definition) is 1. The first kappa shape index (κ1) is 5.67. The Kier molecular flexibility index (Phi) is 2.73. The molecule has 1 unspecified atom stereocenters. The molecule has 3 heteroatoms. The van der Waals surface area contributed by atoms with Crippen LogP contribution in [0.1, 0.15) is 0 Å². The maximum absolute atomic E-state index is 9.57. The van der Waals surface area contributed by atoms with E-state index in [-0.39, 0.29) is 5.75 Å². The molecule has 0 fully saturated rings. The highest BCUT2D eigenvalue weighted by Gasteiger charge is 1.80. The molecule has 1 N–H and O–H groups in total. The van der Waals surface area contributed by atoms with Crippen molar-refractivity contribution in [2.45, 2.75) is 0 Å². The predicted octanol–water partition coefficient (Wildman–Crippen LogP) is -0.159. The first-order chi connectivity index (χ1) is 2.77. The molecular formula is C3H4O2S. The third-order valence-electron chi connectivity index (χ3n) is 0.207. The fourth-order valence-electron chi connectivity index (χ4n) is 0.0713. The second-order valence-electron chi connectivity index (χ2n) is 0.670. The van der Waals surface area contributed by atoms with Crippen LogP contribution in [-0.4, -0.2) is 14.5 Å². The highest BCUT2D eigenvalue weighted by atomic mass is 32.2. The molecule has 34 valence electrons. The van der Waals surface area contributed by atoms with Gasteiger partial charge in [-0.15, -0.1) is 6.42 Å². The van der Waals surface area contributed by atoms with Crippen molar-refractivity contribution in [3.05, 3.63) is 0 Å². The second kappa shape index (κ2) is 2.88. The summed E-state index contributed by atoms with van der Waals surface area (Å²) < 4.78 is 17.4. The normalized spacial score (nSPS) is 12.7. The Morgan fingerprint density at radius 2 is 2.50 bits per heavy atom. The van der Waals surface area contributed by atoms with E-state index in [0.717, 1.165) is 0 Å².